The van der Waals surface area contributed by atoms with Gasteiger partial charge in [-0.15, -0.1) is 0 Å². The third kappa shape index (κ3) is 2.07. The average Bonchev–Trinajstić information content (AvgIpc) is 2.74. The van der Waals surface area contributed by atoms with Crippen molar-refractivity contribution in [2.45, 2.75) is 19.4 Å². The van der Waals surface area contributed by atoms with Crippen LogP contribution in [0.4, 0.5) is 0 Å². The van der Waals surface area contributed by atoms with Crippen molar-refractivity contribution < 1.29 is 4.79 Å². The normalized spacial score (nSPS) is 19.8. The van der Waals surface area contributed by atoms with Gasteiger partial charge in [-0.2, -0.15) is 5.10 Å². The van der Waals surface area contributed by atoms with Crippen molar-refractivity contribution in [3.05, 3.63) is 30.1 Å². The van der Waals surface area contributed by atoms with Crippen LogP contribution in [0, 0.1) is 0 Å². The highest BCUT2D eigenvalue weighted by Crippen LogP contribution is 2.30. The maximum Gasteiger partial charge on any atom is 0.268 e. The zero-order valence-electron chi connectivity index (χ0n) is 8.93. The molecule has 0 aliphatic carbocycles. The lowest BCUT2D eigenvalue weighted by atomic mass is 10.0. The average molecular weight is 238 g/mol. The van der Waals surface area contributed by atoms with Crippen molar-refractivity contribution >= 4 is 22.6 Å². The highest BCUT2D eigenvalue weighted by molar-refractivity contribution is 6.82. The van der Waals surface area contributed by atoms with Gasteiger partial charge in [0.25, 0.3) is 5.24 Å². The second-order valence-electron chi connectivity index (χ2n) is 3.58. The van der Waals surface area contributed by atoms with E-state index in [1.54, 1.807) is 12.4 Å². The van der Waals surface area contributed by atoms with Gasteiger partial charge in [0.05, 0.1) is 6.04 Å². The maximum atomic E-state index is 11.1. The molecule has 1 atom stereocenters. The third-order valence-corrected chi connectivity index (χ3v) is 2.83. The summed E-state index contributed by atoms with van der Waals surface area (Å²) < 4.78 is 0. The van der Waals surface area contributed by atoms with Gasteiger partial charge in [-0.3, -0.25) is 14.8 Å². The molecule has 1 aromatic heterocycles. The van der Waals surface area contributed by atoms with E-state index in [0.29, 0.717) is 12.1 Å². The minimum atomic E-state index is -0.468. The van der Waals surface area contributed by atoms with Gasteiger partial charge in [0, 0.05) is 25.4 Å². The van der Waals surface area contributed by atoms with Gasteiger partial charge < -0.3 is 0 Å². The lowest BCUT2D eigenvalue weighted by Gasteiger charge is -2.21. The van der Waals surface area contributed by atoms with Crippen molar-refractivity contribution in [2.24, 2.45) is 5.10 Å². The van der Waals surface area contributed by atoms with Crippen LogP contribution in [-0.2, 0) is 4.79 Å². The van der Waals surface area contributed by atoms with Gasteiger partial charge in [0.1, 0.15) is 5.71 Å². The predicted octanol–water partition coefficient (Wildman–Crippen LogP) is 1.97. The molecule has 1 aliphatic rings. The number of nitrogens with zero attached hydrogens (tertiary/aromatic N) is 3. The van der Waals surface area contributed by atoms with E-state index in [0.717, 1.165) is 12.1 Å². The van der Waals surface area contributed by atoms with Crippen LogP contribution in [0.2, 0.25) is 0 Å². The van der Waals surface area contributed by atoms with E-state index in [1.807, 2.05) is 24.1 Å². The molecule has 0 aromatic carbocycles. The molecule has 0 amide bonds. The number of pyridine rings is 1. The molecule has 4 nitrogen and oxygen atoms in total. The Labute approximate surface area is 98.9 Å². The van der Waals surface area contributed by atoms with E-state index in [-0.39, 0.29) is 6.04 Å². The van der Waals surface area contributed by atoms with E-state index in [2.05, 4.69) is 10.1 Å². The topological polar surface area (TPSA) is 45.6 Å². The molecule has 1 aromatic rings. The van der Waals surface area contributed by atoms with E-state index < -0.39 is 5.24 Å². The van der Waals surface area contributed by atoms with Crippen LogP contribution >= 0.6 is 11.6 Å². The first-order valence-corrected chi connectivity index (χ1v) is 5.54. The second kappa shape index (κ2) is 4.61. The van der Waals surface area contributed by atoms with Crippen molar-refractivity contribution in [3.8, 4) is 0 Å². The SMILES string of the molecule is CCN1N=C(C(=O)Cl)CC1c1cccnc1. The monoisotopic (exact) mass is 237 g/mol. The molecule has 0 saturated heterocycles. The fourth-order valence-electron chi connectivity index (χ4n) is 1.83. The summed E-state index contributed by atoms with van der Waals surface area (Å²) in [5.41, 5.74) is 1.48. The maximum absolute atomic E-state index is 11.1. The largest absolute Gasteiger partial charge is 0.289 e. The second-order valence-corrected chi connectivity index (χ2v) is 3.93. The van der Waals surface area contributed by atoms with Crippen molar-refractivity contribution in [3.63, 3.8) is 0 Å². The summed E-state index contributed by atoms with van der Waals surface area (Å²) in [5, 5.41) is 5.60. The molecule has 2 rings (SSSR count). The fraction of sp³-hybridized carbons (Fsp3) is 0.364. The minimum Gasteiger partial charge on any atom is -0.289 e. The highest BCUT2D eigenvalue weighted by atomic mass is 35.5. The number of hydrazone groups is 1. The summed E-state index contributed by atoms with van der Waals surface area (Å²) >= 11 is 5.45. The Morgan fingerprint density at radius 3 is 3.06 bits per heavy atom. The molecule has 84 valence electrons. The molecule has 0 spiro atoms. The van der Waals surface area contributed by atoms with Crippen molar-refractivity contribution in [2.75, 3.05) is 6.54 Å². The summed E-state index contributed by atoms with van der Waals surface area (Å²) in [6.45, 7) is 2.74. The fourth-order valence-corrected chi connectivity index (χ4v) is 1.94. The summed E-state index contributed by atoms with van der Waals surface area (Å²) in [6, 6.07) is 3.94. The van der Waals surface area contributed by atoms with Crippen LogP contribution < -0.4 is 0 Å². The number of hydrogen-bond donors (Lipinski definition) is 0. The Morgan fingerprint density at radius 2 is 2.50 bits per heavy atom. The van der Waals surface area contributed by atoms with Crippen molar-refractivity contribution in [1.82, 2.24) is 9.99 Å². The number of carbonyl (C=O) groups is 1. The highest BCUT2D eigenvalue weighted by Gasteiger charge is 2.29. The number of halogens is 1. The molecule has 1 unspecified atom stereocenters. The molecule has 2 heterocycles. The molecule has 5 heteroatoms. The van der Waals surface area contributed by atoms with Gasteiger partial charge in [0.2, 0.25) is 0 Å². The molecular formula is C11H12ClN3O. The third-order valence-electron chi connectivity index (χ3n) is 2.62. The van der Waals surface area contributed by atoms with E-state index >= 15 is 0 Å². The molecule has 0 saturated carbocycles. The van der Waals surface area contributed by atoms with Crippen LogP contribution in [-0.4, -0.2) is 27.5 Å². The van der Waals surface area contributed by atoms with Crippen LogP contribution in [0.3, 0.4) is 0 Å². The lowest BCUT2D eigenvalue weighted by molar-refractivity contribution is -0.106. The Balaban J connectivity index is 2.23. The van der Waals surface area contributed by atoms with Gasteiger partial charge in [0.15, 0.2) is 0 Å². The first kappa shape index (κ1) is 11.1. The van der Waals surface area contributed by atoms with E-state index in [4.69, 9.17) is 11.6 Å². The van der Waals surface area contributed by atoms with E-state index in [1.165, 1.54) is 0 Å². The van der Waals surface area contributed by atoms with Gasteiger partial charge in [-0.1, -0.05) is 6.07 Å². The summed E-state index contributed by atoms with van der Waals surface area (Å²) in [5.74, 6) is 0. The van der Waals surface area contributed by atoms with E-state index in [9.17, 15) is 4.79 Å². The first-order valence-electron chi connectivity index (χ1n) is 5.16. The standard InChI is InChI=1S/C11H12ClN3O/c1-2-15-10(6-9(14-15)11(12)16)8-4-3-5-13-7-8/h3-5,7,10H,2,6H2,1H3. The van der Waals surface area contributed by atoms with Crippen LogP contribution in [0.25, 0.3) is 0 Å². The number of hydrogen-bond acceptors (Lipinski definition) is 4. The smallest absolute Gasteiger partial charge is 0.268 e. The molecule has 16 heavy (non-hydrogen) atoms. The molecule has 0 fully saturated rings. The summed E-state index contributed by atoms with van der Waals surface area (Å²) in [4.78, 5) is 15.1. The van der Waals surface area contributed by atoms with Crippen molar-refractivity contribution in [1.29, 1.82) is 0 Å². The minimum absolute atomic E-state index is 0.0800. The molecule has 1 aliphatic heterocycles. The Bertz CT molecular complexity index is 418. The Morgan fingerprint density at radius 1 is 1.69 bits per heavy atom. The quantitative estimate of drug-likeness (QED) is 0.755. The van der Waals surface area contributed by atoms with Crippen LogP contribution in [0.15, 0.2) is 29.6 Å². The van der Waals surface area contributed by atoms with Gasteiger partial charge >= 0.3 is 0 Å². The molecular weight excluding hydrogens is 226 g/mol. The zero-order valence-corrected chi connectivity index (χ0v) is 9.68. The molecule has 0 radical (unpaired) electrons. The Hall–Kier alpha value is -1.42. The zero-order chi connectivity index (χ0) is 11.5. The van der Waals surface area contributed by atoms with Gasteiger partial charge in [-0.25, -0.2) is 0 Å². The molecule has 0 N–H and O–H groups in total. The first-order chi connectivity index (χ1) is 7.72. The summed E-state index contributed by atoms with van der Waals surface area (Å²) in [7, 11) is 0. The number of aromatic nitrogens is 1. The predicted molar refractivity (Wildman–Crippen MR) is 62.3 cm³/mol. The summed E-state index contributed by atoms with van der Waals surface area (Å²) in [6.07, 6.45) is 4.08. The number of rotatable bonds is 3. The van der Waals surface area contributed by atoms with Crippen LogP contribution in [0.5, 0.6) is 0 Å². The Kier molecular flexibility index (Phi) is 3.19. The van der Waals surface area contributed by atoms with Crippen LogP contribution in [0.1, 0.15) is 24.9 Å². The lowest BCUT2D eigenvalue weighted by Crippen LogP contribution is -2.18. The van der Waals surface area contributed by atoms with Gasteiger partial charge in [-0.05, 0) is 30.2 Å². The number of carbonyl (C=O) groups excluding carboxylic acids is 1. The molecule has 0 bridgehead atoms.